The second-order valence-electron chi connectivity index (χ2n) is 7.98. The highest BCUT2D eigenvalue weighted by Crippen LogP contribution is 2.31. The number of amides is 2. The zero-order chi connectivity index (χ0) is 24.2. The van der Waals surface area contributed by atoms with Crippen LogP contribution in [0.5, 0.6) is 0 Å². The number of ether oxygens (including phenoxy) is 1. The molecule has 1 N–H and O–H groups in total. The molecule has 0 radical (unpaired) electrons. The van der Waals surface area contributed by atoms with Gasteiger partial charge in [-0.3, -0.25) is 14.5 Å². The molecule has 0 saturated heterocycles. The van der Waals surface area contributed by atoms with Crippen LogP contribution in [0.4, 0.5) is 17.2 Å². The van der Waals surface area contributed by atoms with Gasteiger partial charge in [0.15, 0.2) is 5.82 Å². The Morgan fingerprint density at radius 1 is 1.06 bits per heavy atom. The molecule has 0 spiro atoms. The van der Waals surface area contributed by atoms with Crippen molar-refractivity contribution in [1.29, 1.82) is 0 Å². The van der Waals surface area contributed by atoms with Crippen molar-refractivity contribution in [2.45, 2.75) is 20.3 Å². The predicted molar refractivity (Wildman–Crippen MR) is 130 cm³/mol. The van der Waals surface area contributed by atoms with Gasteiger partial charge in [0.05, 0.1) is 24.8 Å². The molecule has 1 aliphatic rings. The molecule has 34 heavy (non-hydrogen) atoms. The number of carbonyl (C=O) groups is 3. The third kappa shape index (κ3) is 4.85. The molecule has 1 aliphatic heterocycles. The molecule has 0 unspecified atom stereocenters. The first-order valence-corrected chi connectivity index (χ1v) is 10.7. The first-order chi connectivity index (χ1) is 16.4. The normalized spacial score (nSPS) is 13.0. The van der Waals surface area contributed by atoms with Crippen LogP contribution >= 0.6 is 0 Å². The van der Waals surface area contributed by atoms with E-state index >= 15 is 0 Å². The molecular formula is C26H24N4O4. The summed E-state index contributed by atoms with van der Waals surface area (Å²) in [6.45, 7) is 3.82. The number of aromatic nitrogens is 1. The third-order valence-electron chi connectivity index (χ3n) is 5.63. The molecule has 172 valence electrons. The van der Waals surface area contributed by atoms with Gasteiger partial charge in [0, 0.05) is 11.9 Å². The molecule has 4 rings (SSSR count). The van der Waals surface area contributed by atoms with Crippen LogP contribution in [0.15, 0.2) is 65.8 Å². The summed E-state index contributed by atoms with van der Waals surface area (Å²) in [5, 5.41) is 2.75. The predicted octanol–water partition coefficient (Wildman–Crippen LogP) is 3.98. The van der Waals surface area contributed by atoms with E-state index in [0.29, 0.717) is 28.5 Å². The summed E-state index contributed by atoms with van der Waals surface area (Å²) < 4.78 is 4.68. The first kappa shape index (κ1) is 22.8. The summed E-state index contributed by atoms with van der Waals surface area (Å²) in [4.78, 5) is 48.0. The fourth-order valence-corrected chi connectivity index (χ4v) is 3.63. The zero-order valence-electron chi connectivity index (χ0n) is 19.2. The number of esters is 1. The van der Waals surface area contributed by atoms with E-state index in [9.17, 15) is 14.4 Å². The Balaban J connectivity index is 1.55. The number of rotatable bonds is 5. The number of hydrogen-bond acceptors (Lipinski definition) is 6. The lowest BCUT2D eigenvalue weighted by Gasteiger charge is -2.20. The Morgan fingerprint density at radius 2 is 1.82 bits per heavy atom. The van der Waals surface area contributed by atoms with E-state index in [2.05, 4.69) is 15.0 Å². The number of aliphatic imine (C=N–C) groups is 1. The smallest absolute Gasteiger partial charge is 0.337 e. The van der Waals surface area contributed by atoms with Gasteiger partial charge in [-0.15, -0.1) is 0 Å². The van der Waals surface area contributed by atoms with Crippen LogP contribution < -0.4 is 10.2 Å². The van der Waals surface area contributed by atoms with Crippen molar-refractivity contribution in [1.82, 2.24) is 4.98 Å². The molecule has 2 aromatic carbocycles. The van der Waals surface area contributed by atoms with Crippen molar-refractivity contribution < 1.29 is 19.1 Å². The largest absolute Gasteiger partial charge is 0.465 e. The molecule has 0 saturated carbocycles. The quantitative estimate of drug-likeness (QED) is 0.585. The van der Waals surface area contributed by atoms with Crippen molar-refractivity contribution in [3.63, 3.8) is 0 Å². The number of hydrogen-bond donors (Lipinski definition) is 1. The summed E-state index contributed by atoms with van der Waals surface area (Å²) in [5.74, 6) is -0.797. The molecule has 0 fully saturated rings. The van der Waals surface area contributed by atoms with Gasteiger partial charge in [0.25, 0.3) is 0 Å². The van der Waals surface area contributed by atoms with E-state index in [1.165, 1.54) is 12.0 Å². The number of benzene rings is 2. The summed E-state index contributed by atoms with van der Waals surface area (Å²) in [6, 6.07) is 15.8. The molecule has 3 aromatic rings. The van der Waals surface area contributed by atoms with Crippen LogP contribution in [0.1, 0.15) is 33.5 Å². The highest BCUT2D eigenvalue weighted by molar-refractivity contribution is 6.18. The maximum absolute atomic E-state index is 13.2. The number of nitrogens with one attached hydrogen (secondary N) is 1. The average Bonchev–Trinajstić information content (AvgIpc) is 2.97. The second-order valence-corrected chi connectivity index (χ2v) is 7.98. The second kappa shape index (κ2) is 9.66. The highest BCUT2D eigenvalue weighted by Gasteiger charge is 2.28. The molecule has 2 amide bonds. The highest BCUT2D eigenvalue weighted by atomic mass is 16.5. The Kier molecular flexibility index (Phi) is 6.49. The standard InChI is InChI=1S/C26H24N4O4/c1-16-6-7-19(13-17(16)2)22-14-24(32)30(25-21(29-22)5-4-12-27-25)15-23(31)28-20-10-8-18(9-11-20)26(33)34-3/h4-13H,14-15H2,1-3H3,(H,28,31). The number of pyridine rings is 1. The maximum atomic E-state index is 13.2. The number of methoxy groups -OCH3 is 1. The number of anilines is 2. The number of aryl methyl sites for hydroxylation is 2. The van der Waals surface area contributed by atoms with Crippen molar-refractivity contribution >= 4 is 40.7 Å². The van der Waals surface area contributed by atoms with E-state index in [0.717, 1.165) is 16.7 Å². The molecule has 0 aliphatic carbocycles. The number of nitrogens with zero attached hydrogens (tertiary/aromatic N) is 3. The fraction of sp³-hybridized carbons (Fsp3) is 0.192. The lowest BCUT2D eigenvalue weighted by molar-refractivity contribution is -0.120. The van der Waals surface area contributed by atoms with Gasteiger partial charge in [0.2, 0.25) is 11.8 Å². The monoisotopic (exact) mass is 456 g/mol. The zero-order valence-corrected chi connectivity index (χ0v) is 19.2. The average molecular weight is 457 g/mol. The van der Waals surface area contributed by atoms with E-state index in [1.54, 1.807) is 42.6 Å². The molecular weight excluding hydrogens is 432 g/mol. The molecule has 0 atom stereocenters. The minimum Gasteiger partial charge on any atom is -0.465 e. The summed E-state index contributed by atoms with van der Waals surface area (Å²) in [5.41, 5.74) is 5.15. The molecule has 8 nitrogen and oxygen atoms in total. The van der Waals surface area contributed by atoms with Crippen molar-refractivity contribution in [2.24, 2.45) is 4.99 Å². The van der Waals surface area contributed by atoms with Gasteiger partial charge in [-0.05, 0) is 73.0 Å². The van der Waals surface area contributed by atoms with Crippen LogP contribution in [-0.2, 0) is 14.3 Å². The van der Waals surface area contributed by atoms with Crippen LogP contribution in [0, 0.1) is 13.8 Å². The van der Waals surface area contributed by atoms with Crippen LogP contribution in [0.25, 0.3) is 0 Å². The first-order valence-electron chi connectivity index (χ1n) is 10.7. The molecule has 8 heteroatoms. The number of carbonyl (C=O) groups excluding carboxylic acids is 3. The van der Waals surface area contributed by atoms with E-state index in [-0.39, 0.29) is 18.9 Å². The van der Waals surface area contributed by atoms with Crippen LogP contribution in [0.2, 0.25) is 0 Å². The van der Waals surface area contributed by atoms with E-state index < -0.39 is 11.9 Å². The number of fused-ring (bicyclic) bond motifs is 1. The van der Waals surface area contributed by atoms with Gasteiger partial charge in [-0.1, -0.05) is 12.1 Å². The Bertz CT molecular complexity index is 1300. The van der Waals surface area contributed by atoms with Crippen molar-refractivity contribution in [3.8, 4) is 0 Å². The van der Waals surface area contributed by atoms with Gasteiger partial charge < -0.3 is 10.1 Å². The topological polar surface area (TPSA) is 101 Å². The Morgan fingerprint density at radius 3 is 2.53 bits per heavy atom. The minimum absolute atomic E-state index is 0.0416. The molecule has 2 heterocycles. The molecule has 1 aromatic heterocycles. The van der Waals surface area contributed by atoms with Gasteiger partial charge in [-0.2, -0.15) is 0 Å². The summed E-state index contributed by atoms with van der Waals surface area (Å²) >= 11 is 0. The summed E-state index contributed by atoms with van der Waals surface area (Å²) in [7, 11) is 1.30. The summed E-state index contributed by atoms with van der Waals surface area (Å²) in [6.07, 6.45) is 1.61. The third-order valence-corrected chi connectivity index (χ3v) is 5.63. The Labute approximate surface area is 197 Å². The van der Waals surface area contributed by atoms with Gasteiger partial charge in [-0.25, -0.2) is 14.8 Å². The van der Waals surface area contributed by atoms with Crippen molar-refractivity contribution in [2.75, 3.05) is 23.9 Å². The Hall–Kier alpha value is -4.33. The lowest BCUT2D eigenvalue weighted by atomic mass is 10.0. The van der Waals surface area contributed by atoms with Gasteiger partial charge in [0.1, 0.15) is 12.2 Å². The molecule has 0 bridgehead atoms. The van der Waals surface area contributed by atoms with Crippen LogP contribution in [0.3, 0.4) is 0 Å². The van der Waals surface area contributed by atoms with Crippen LogP contribution in [-0.4, -0.2) is 42.1 Å². The minimum atomic E-state index is -0.463. The van der Waals surface area contributed by atoms with Gasteiger partial charge >= 0.3 is 5.97 Å². The van der Waals surface area contributed by atoms with E-state index in [1.807, 2.05) is 32.0 Å². The fourth-order valence-electron chi connectivity index (χ4n) is 3.63. The maximum Gasteiger partial charge on any atom is 0.337 e. The van der Waals surface area contributed by atoms with Crippen molar-refractivity contribution in [3.05, 3.63) is 83.0 Å². The SMILES string of the molecule is COC(=O)c1ccc(NC(=O)CN2C(=O)CC(c3ccc(C)c(C)c3)=Nc3cccnc32)cc1. The van der Waals surface area contributed by atoms with E-state index in [4.69, 9.17) is 4.99 Å². The lowest BCUT2D eigenvalue weighted by Crippen LogP contribution is -2.39.